The Morgan fingerprint density at radius 2 is 1.89 bits per heavy atom. The summed E-state index contributed by atoms with van der Waals surface area (Å²) in [4.78, 5) is 18.0. The van der Waals surface area contributed by atoms with Crippen molar-refractivity contribution in [1.82, 2.24) is 9.66 Å². The van der Waals surface area contributed by atoms with E-state index in [0.29, 0.717) is 21.1 Å². The second kappa shape index (κ2) is 8.04. The van der Waals surface area contributed by atoms with Crippen LogP contribution in [-0.2, 0) is 0 Å². The summed E-state index contributed by atoms with van der Waals surface area (Å²) in [5.74, 6) is 6.26. The Balaban J connectivity index is 1.53. The minimum Gasteiger partial charge on any atom is -0.490 e. The van der Waals surface area contributed by atoms with Crippen LogP contribution in [-0.4, -0.2) is 22.0 Å². The quantitative estimate of drug-likeness (QED) is 0.223. The van der Waals surface area contributed by atoms with Crippen LogP contribution >= 0.6 is 23.1 Å². The summed E-state index contributed by atoms with van der Waals surface area (Å²) in [5, 5.41) is 2.84. The molecular weight excluding hydrogens is 397 g/mol. The number of aromatic nitrogens is 2. The van der Waals surface area contributed by atoms with Crippen LogP contribution in [0.4, 0.5) is 4.39 Å². The van der Waals surface area contributed by atoms with Gasteiger partial charge in [-0.1, -0.05) is 54.2 Å². The molecule has 0 unspecified atom stereocenters. The zero-order chi connectivity index (χ0) is 19.5. The van der Waals surface area contributed by atoms with Gasteiger partial charge in [0.05, 0.1) is 12.0 Å². The van der Waals surface area contributed by atoms with Crippen molar-refractivity contribution < 1.29 is 9.13 Å². The van der Waals surface area contributed by atoms with Gasteiger partial charge in [0.2, 0.25) is 0 Å². The normalized spacial score (nSPS) is 11.0. The Kier molecular flexibility index (Phi) is 5.31. The Morgan fingerprint density at radius 1 is 1.14 bits per heavy atom. The lowest BCUT2D eigenvalue weighted by molar-refractivity contribution is 0.325. The van der Waals surface area contributed by atoms with Crippen LogP contribution in [0.1, 0.15) is 0 Å². The topological polar surface area (TPSA) is 70.1 Å². The van der Waals surface area contributed by atoms with E-state index in [0.717, 1.165) is 15.8 Å². The molecule has 0 bridgehead atoms. The maximum atomic E-state index is 13.6. The third-order valence-corrected chi connectivity index (χ3v) is 5.89. The number of hydrogen-bond acceptors (Lipinski definition) is 6. The molecule has 0 aliphatic carbocycles. The molecule has 0 aliphatic rings. The second-order valence-electron chi connectivity index (χ2n) is 5.89. The molecule has 8 heteroatoms. The first-order chi connectivity index (χ1) is 13.6. The van der Waals surface area contributed by atoms with Gasteiger partial charge in [-0.05, 0) is 17.7 Å². The van der Waals surface area contributed by atoms with Crippen molar-refractivity contribution in [2.75, 3.05) is 18.2 Å². The van der Waals surface area contributed by atoms with Gasteiger partial charge in [0, 0.05) is 16.7 Å². The summed E-state index contributed by atoms with van der Waals surface area (Å²) in [5.41, 5.74) is 1.49. The van der Waals surface area contributed by atoms with Gasteiger partial charge in [0.1, 0.15) is 4.83 Å². The SMILES string of the molecule is Nn1c(SCCOc2ccccc2F)nc2scc(-c3ccccc3)c2c1=O. The molecular formula is C20H16FN3O2S2. The highest BCUT2D eigenvalue weighted by Gasteiger charge is 2.16. The van der Waals surface area contributed by atoms with E-state index in [1.54, 1.807) is 18.2 Å². The highest BCUT2D eigenvalue weighted by atomic mass is 32.2. The number of rotatable bonds is 6. The maximum Gasteiger partial charge on any atom is 0.282 e. The fourth-order valence-corrected chi connectivity index (χ4v) is 4.49. The molecule has 2 heterocycles. The first-order valence-electron chi connectivity index (χ1n) is 8.50. The van der Waals surface area contributed by atoms with Crippen molar-refractivity contribution in [2.45, 2.75) is 5.16 Å². The van der Waals surface area contributed by atoms with Crippen LogP contribution in [0.15, 0.2) is 69.9 Å². The monoisotopic (exact) mass is 413 g/mol. The second-order valence-corrected chi connectivity index (χ2v) is 7.81. The summed E-state index contributed by atoms with van der Waals surface area (Å²) >= 11 is 2.70. The number of benzene rings is 2. The summed E-state index contributed by atoms with van der Waals surface area (Å²) in [7, 11) is 0. The molecule has 0 aliphatic heterocycles. The number of ether oxygens (including phenoxy) is 1. The molecule has 142 valence electrons. The summed E-state index contributed by atoms with van der Waals surface area (Å²) in [6, 6.07) is 15.9. The van der Waals surface area contributed by atoms with E-state index in [2.05, 4.69) is 4.98 Å². The number of nitrogens with zero attached hydrogens (tertiary/aromatic N) is 2. The Labute approximate surface area is 168 Å². The molecule has 0 amide bonds. The van der Waals surface area contributed by atoms with Crippen LogP contribution in [0.25, 0.3) is 21.3 Å². The van der Waals surface area contributed by atoms with Gasteiger partial charge in [-0.2, -0.15) is 0 Å². The highest BCUT2D eigenvalue weighted by Crippen LogP contribution is 2.31. The van der Waals surface area contributed by atoms with E-state index >= 15 is 0 Å². The van der Waals surface area contributed by atoms with E-state index in [1.165, 1.54) is 29.2 Å². The molecule has 4 aromatic rings. The van der Waals surface area contributed by atoms with Crippen molar-refractivity contribution in [2.24, 2.45) is 0 Å². The molecule has 2 N–H and O–H groups in total. The lowest BCUT2D eigenvalue weighted by Crippen LogP contribution is -2.29. The molecule has 0 atom stereocenters. The average Bonchev–Trinajstić information content (AvgIpc) is 3.14. The molecule has 2 aromatic heterocycles. The van der Waals surface area contributed by atoms with E-state index in [9.17, 15) is 9.18 Å². The Morgan fingerprint density at radius 3 is 2.68 bits per heavy atom. The van der Waals surface area contributed by atoms with Gasteiger partial charge < -0.3 is 10.6 Å². The number of hydrogen-bond donors (Lipinski definition) is 1. The molecule has 2 aromatic carbocycles. The first kappa shape index (κ1) is 18.5. The molecule has 0 saturated carbocycles. The van der Waals surface area contributed by atoms with E-state index < -0.39 is 5.82 Å². The summed E-state index contributed by atoms with van der Waals surface area (Å²) < 4.78 is 20.1. The van der Waals surface area contributed by atoms with E-state index in [-0.39, 0.29) is 17.9 Å². The molecule has 0 spiro atoms. The van der Waals surface area contributed by atoms with Crippen molar-refractivity contribution >= 4 is 33.3 Å². The smallest absolute Gasteiger partial charge is 0.282 e. The van der Waals surface area contributed by atoms with E-state index in [4.69, 9.17) is 10.6 Å². The molecule has 28 heavy (non-hydrogen) atoms. The van der Waals surface area contributed by atoms with Crippen molar-refractivity contribution in [3.63, 3.8) is 0 Å². The minimum atomic E-state index is -0.408. The fourth-order valence-electron chi connectivity index (χ4n) is 2.76. The van der Waals surface area contributed by atoms with Crippen molar-refractivity contribution in [3.8, 4) is 16.9 Å². The molecule has 0 saturated heterocycles. The predicted molar refractivity (Wildman–Crippen MR) is 112 cm³/mol. The zero-order valence-corrected chi connectivity index (χ0v) is 16.3. The van der Waals surface area contributed by atoms with Crippen LogP contribution in [0.3, 0.4) is 0 Å². The van der Waals surface area contributed by atoms with Gasteiger partial charge >= 0.3 is 0 Å². The predicted octanol–water partition coefficient (Wildman–Crippen LogP) is 4.15. The van der Waals surface area contributed by atoms with Gasteiger partial charge in [-0.25, -0.2) is 14.1 Å². The number of halogens is 1. The first-order valence-corrected chi connectivity index (χ1v) is 10.4. The number of nitrogens with two attached hydrogens (primary N) is 1. The summed E-state index contributed by atoms with van der Waals surface area (Å²) in [6.45, 7) is 0.263. The fraction of sp³-hybridized carbons (Fsp3) is 0.100. The molecule has 0 radical (unpaired) electrons. The van der Waals surface area contributed by atoms with Crippen LogP contribution in [0, 0.1) is 5.82 Å². The van der Waals surface area contributed by atoms with Gasteiger partial charge in [0.25, 0.3) is 5.56 Å². The third kappa shape index (κ3) is 3.61. The lowest BCUT2D eigenvalue weighted by atomic mass is 10.1. The van der Waals surface area contributed by atoms with Gasteiger partial charge in [-0.3, -0.25) is 4.79 Å². The minimum absolute atomic E-state index is 0.197. The van der Waals surface area contributed by atoms with Crippen molar-refractivity contribution in [1.29, 1.82) is 0 Å². The number of fused-ring (bicyclic) bond motifs is 1. The van der Waals surface area contributed by atoms with Gasteiger partial charge in [0.15, 0.2) is 16.7 Å². The van der Waals surface area contributed by atoms with Crippen LogP contribution in [0.2, 0.25) is 0 Å². The average molecular weight is 413 g/mol. The standard InChI is InChI=1S/C20H16FN3O2S2/c21-15-8-4-5-9-16(15)26-10-11-27-20-23-18-17(19(25)24(20)22)14(12-28-18)13-6-2-1-3-7-13/h1-9,12H,10-11,22H2. The van der Waals surface area contributed by atoms with Crippen molar-refractivity contribution in [3.05, 3.63) is 76.1 Å². The largest absolute Gasteiger partial charge is 0.490 e. The third-order valence-electron chi connectivity index (χ3n) is 4.10. The number of para-hydroxylation sites is 1. The Bertz CT molecular complexity index is 1180. The lowest BCUT2D eigenvalue weighted by Gasteiger charge is -2.09. The molecule has 0 fully saturated rings. The molecule has 4 rings (SSSR count). The van der Waals surface area contributed by atoms with E-state index in [1.807, 2.05) is 35.7 Å². The summed E-state index contributed by atoms with van der Waals surface area (Å²) in [6.07, 6.45) is 0. The van der Waals surface area contributed by atoms with Crippen LogP contribution < -0.4 is 16.1 Å². The Hall–Kier alpha value is -2.84. The number of nitrogen functional groups attached to an aromatic ring is 1. The highest BCUT2D eigenvalue weighted by molar-refractivity contribution is 7.99. The number of thiophene rings is 1. The zero-order valence-electron chi connectivity index (χ0n) is 14.7. The number of thioether (sulfide) groups is 1. The van der Waals surface area contributed by atoms with Gasteiger partial charge in [-0.15, -0.1) is 11.3 Å². The molecule has 5 nitrogen and oxygen atoms in total. The van der Waals surface area contributed by atoms with Crippen LogP contribution in [0.5, 0.6) is 5.75 Å². The maximum absolute atomic E-state index is 13.6.